The van der Waals surface area contributed by atoms with Gasteiger partial charge in [-0.15, -0.1) is 0 Å². The second kappa shape index (κ2) is 5.25. The molecule has 4 heteroatoms. The van der Waals surface area contributed by atoms with E-state index in [9.17, 15) is 5.11 Å². The van der Waals surface area contributed by atoms with E-state index in [2.05, 4.69) is 5.32 Å². The molecule has 0 aliphatic heterocycles. The Labute approximate surface area is 105 Å². The first-order valence-electron chi connectivity index (χ1n) is 5.38. The molecule has 0 saturated heterocycles. The molecule has 0 fully saturated rings. The second-order valence-corrected chi connectivity index (χ2v) is 4.33. The van der Waals surface area contributed by atoms with Gasteiger partial charge in [0.25, 0.3) is 0 Å². The van der Waals surface area contributed by atoms with Crippen molar-refractivity contribution in [2.24, 2.45) is 0 Å². The maximum Gasteiger partial charge on any atom is 0.120 e. The first-order valence-corrected chi connectivity index (χ1v) is 5.76. The lowest BCUT2D eigenvalue weighted by Crippen LogP contribution is -2.12. The number of halogens is 1. The molecule has 0 atom stereocenters. The van der Waals surface area contributed by atoms with Gasteiger partial charge >= 0.3 is 0 Å². The van der Waals surface area contributed by atoms with Crippen LogP contribution in [-0.4, -0.2) is 5.11 Å². The molecule has 0 unspecified atom stereocenters. The molecule has 1 aromatic heterocycles. The monoisotopic (exact) mass is 251 g/mol. The van der Waals surface area contributed by atoms with Crippen molar-refractivity contribution in [3.05, 3.63) is 52.4 Å². The zero-order valence-corrected chi connectivity index (χ0v) is 10.3. The quantitative estimate of drug-likeness (QED) is 0.877. The highest BCUT2D eigenvalue weighted by Crippen LogP contribution is 2.21. The van der Waals surface area contributed by atoms with Crippen molar-refractivity contribution < 1.29 is 9.52 Å². The molecule has 2 rings (SSSR count). The van der Waals surface area contributed by atoms with E-state index in [4.69, 9.17) is 16.0 Å². The molecular weight excluding hydrogens is 238 g/mol. The molecule has 90 valence electrons. The molecule has 3 nitrogen and oxygen atoms in total. The van der Waals surface area contributed by atoms with Crippen molar-refractivity contribution in [2.75, 3.05) is 0 Å². The zero-order chi connectivity index (χ0) is 12.3. The van der Waals surface area contributed by atoms with E-state index in [1.807, 2.05) is 19.1 Å². The molecule has 0 aliphatic rings. The summed E-state index contributed by atoms with van der Waals surface area (Å²) in [5.74, 6) is 2.02. The van der Waals surface area contributed by atoms with Crippen LogP contribution in [0.3, 0.4) is 0 Å². The van der Waals surface area contributed by atoms with Crippen molar-refractivity contribution in [1.82, 2.24) is 5.32 Å². The minimum atomic E-state index is 0.248. The molecule has 0 saturated carbocycles. The van der Waals surface area contributed by atoms with Crippen LogP contribution in [0, 0.1) is 6.92 Å². The first kappa shape index (κ1) is 12.0. The van der Waals surface area contributed by atoms with Gasteiger partial charge in [-0.25, -0.2) is 0 Å². The van der Waals surface area contributed by atoms with Crippen LogP contribution in [0.25, 0.3) is 0 Å². The molecule has 1 aromatic carbocycles. The number of furan rings is 1. The van der Waals surface area contributed by atoms with Crippen LogP contribution >= 0.6 is 11.6 Å². The largest absolute Gasteiger partial charge is 0.508 e. The van der Waals surface area contributed by atoms with Crippen LogP contribution in [0.5, 0.6) is 5.75 Å². The highest BCUT2D eigenvalue weighted by Gasteiger charge is 2.03. The third-order valence-electron chi connectivity index (χ3n) is 2.45. The van der Waals surface area contributed by atoms with E-state index in [1.165, 1.54) is 0 Å². The van der Waals surface area contributed by atoms with Gasteiger partial charge in [0.1, 0.15) is 17.3 Å². The molecule has 1 heterocycles. The molecule has 0 spiro atoms. The number of aromatic hydroxyl groups is 1. The van der Waals surface area contributed by atoms with Crippen molar-refractivity contribution in [1.29, 1.82) is 0 Å². The molecule has 0 radical (unpaired) electrons. The predicted molar refractivity (Wildman–Crippen MR) is 67.1 cm³/mol. The number of hydrogen-bond donors (Lipinski definition) is 2. The minimum absolute atomic E-state index is 0.248. The van der Waals surface area contributed by atoms with Crippen LogP contribution in [0.15, 0.2) is 34.7 Å². The van der Waals surface area contributed by atoms with Crippen LogP contribution in [0.2, 0.25) is 5.02 Å². The van der Waals surface area contributed by atoms with Crippen molar-refractivity contribution in [3.63, 3.8) is 0 Å². The van der Waals surface area contributed by atoms with E-state index in [0.717, 1.165) is 17.1 Å². The lowest BCUT2D eigenvalue weighted by Gasteiger charge is -2.06. The zero-order valence-electron chi connectivity index (χ0n) is 9.53. The molecule has 0 aliphatic carbocycles. The van der Waals surface area contributed by atoms with Gasteiger partial charge in [0.05, 0.1) is 6.54 Å². The highest BCUT2D eigenvalue weighted by molar-refractivity contribution is 6.30. The Balaban J connectivity index is 1.91. The Morgan fingerprint density at radius 1 is 1.24 bits per heavy atom. The van der Waals surface area contributed by atoms with Gasteiger partial charge in [-0.2, -0.15) is 0 Å². The fourth-order valence-electron chi connectivity index (χ4n) is 1.60. The van der Waals surface area contributed by atoms with Crippen LogP contribution in [-0.2, 0) is 13.1 Å². The SMILES string of the molecule is Cc1ccc(CNCc2cc(Cl)ccc2O)o1. The van der Waals surface area contributed by atoms with Crippen LogP contribution in [0.1, 0.15) is 17.1 Å². The molecule has 0 bridgehead atoms. The van der Waals surface area contributed by atoms with Crippen molar-refractivity contribution in [2.45, 2.75) is 20.0 Å². The number of aryl methyl sites for hydroxylation is 1. The average Bonchev–Trinajstić information content (AvgIpc) is 2.69. The number of phenols is 1. The fourth-order valence-corrected chi connectivity index (χ4v) is 1.79. The summed E-state index contributed by atoms with van der Waals surface area (Å²) < 4.78 is 5.42. The third kappa shape index (κ3) is 3.25. The molecule has 2 N–H and O–H groups in total. The first-order chi connectivity index (χ1) is 8.15. The van der Waals surface area contributed by atoms with E-state index >= 15 is 0 Å². The van der Waals surface area contributed by atoms with Gasteiger partial charge in [-0.3, -0.25) is 0 Å². The summed E-state index contributed by atoms with van der Waals surface area (Å²) in [6, 6.07) is 8.86. The number of rotatable bonds is 4. The van der Waals surface area contributed by atoms with Gasteiger partial charge in [-0.05, 0) is 37.3 Å². The second-order valence-electron chi connectivity index (χ2n) is 3.89. The van der Waals surface area contributed by atoms with Gasteiger partial charge < -0.3 is 14.8 Å². The molecular formula is C13H14ClNO2. The van der Waals surface area contributed by atoms with Gasteiger partial charge in [0.2, 0.25) is 0 Å². The summed E-state index contributed by atoms with van der Waals surface area (Å²) >= 11 is 5.86. The van der Waals surface area contributed by atoms with Gasteiger partial charge in [0.15, 0.2) is 0 Å². The summed E-state index contributed by atoms with van der Waals surface area (Å²) in [6.07, 6.45) is 0. The summed E-state index contributed by atoms with van der Waals surface area (Å²) in [6.45, 7) is 3.08. The Hall–Kier alpha value is -1.45. The Morgan fingerprint density at radius 2 is 2.06 bits per heavy atom. The maximum absolute atomic E-state index is 9.61. The number of benzene rings is 1. The summed E-state index contributed by atoms with van der Waals surface area (Å²) in [5.41, 5.74) is 0.778. The standard InChI is InChI=1S/C13H14ClNO2/c1-9-2-4-12(17-9)8-15-7-10-6-11(14)3-5-13(10)16/h2-6,15-16H,7-8H2,1H3. The van der Waals surface area contributed by atoms with E-state index < -0.39 is 0 Å². The molecule has 0 amide bonds. The summed E-state index contributed by atoms with van der Waals surface area (Å²) in [7, 11) is 0. The summed E-state index contributed by atoms with van der Waals surface area (Å²) in [5, 5.41) is 13.4. The van der Waals surface area contributed by atoms with E-state index in [0.29, 0.717) is 18.1 Å². The van der Waals surface area contributed by atoms with Crippen LogP contribution < -0.4 is 5.32 Å². The number of phenolic OH excluding ortho intramolecular Hbond substituents is 1. The summed E-state index contributed by atoms with van der Waals surface area (Å²) in [4.78, 5) is 0. The molecule has 2 aromatic rings. The smallest absolute Gasteiger partial charge is 0.120 e. The number of nitrogens with one attached hydrogen (secondary N) is 1. The van der Waals surface area contributed by atoms with Crippen molar-refractivity contribution >= 4 is 11.6 Å². The highest BCUT2D eigenvalue weighted by atomic mass is 35.5. The average molecular weight is 252 g/mol. The Morgan fingerprint density at radius 3 is 2.76 bits per heavy atom. The number of hydrogen-bond acceptors (Lipinski definition) is 3. The van der Waals surface area contributed by atoms with Crippen LogP contribution in [0.4, 0.5) is 0 Å². The lowest BCUT2D eigenvalue weighted by atomic mass is 10.2. The minimum Gasteiger partial charge on any atom is -0.508 e. The Kier molecular flexibility index (Phi) is 3.71. The van der Waals surface area contributed by atoms with E-state index in [-0.39, 0.29) is 5.75 Å². The van der Waals surface area contributed by atoms with Crippen molar-refractivity contribution in [3.8, 4) is 5.75 Å². The van der Waals surface area contributed by atoms with E-state index in [1.54, 1.807) is 18.2 Å². The van der Waals surface area contributed by atoms with Gasteiger partial charge in [0, 0.05) is 17.1 Å². The normalized spacial score (nSPS) is 10.7. The van der Waals surface area contributed by atoms with Gasteiger partial charge in [-0.1, -0.05) is 11.6 Å². The maximum atomic E-state index is 9.61. The lowest BCUT2D eigenvalue weighted by molar-refractivity contribution is 0.449. The Bertz CT molecular complexity index is 508. The topological polar surface area (TPSA) is 45.4 Å². The molecule has 17 heavy (non-hydrogen) atoms. The third-order valence-corrected chi connectivity index (χ3v) is 2.69. The predicted octanol–water partition coefficient (Wildman–Crippen LogP) is 3.24. The fraction of sp³-hybridized carbons (Fsp3) is 0.231.